The number of hydrogen-bond donors (Lipinski definition) is 6. The standard InChI is InChI=1S/C16H31N3O8/c17-19-13(2-1-3-16(24)25)5-18-4-12(10-26-14(6-20)7-21)11-27-15(8-22)9-23/h5,12,14-15,20-23H,1-4,6-11,17H2,(H,24,25)/b18-5?,19-13-. The minimum Gasteiger partial charge on any atom is -0.481 e. The molecule has 0 unspecified atom stereocenters. The van der Waals surface area contributed by atoms with Crippen molar-refractivity contribution >= 4 is 17.9 Å². The Hall–Kier alpha value is -1.63. The van der Waals surface area contributed by atoms with Crippen LogP contribution in [0.25, 0.3) is 0 Å². The first kappa shape index (κ1) is 25.4. The minimum atomic E-state index is -0.901. The number of carboxylic acid groups (broad SMARTS) is 1. The van der Waals surface area contributed by atoms with E-state index in [9.17, 15) is 4.79 Å². The zero-order chi connectivity index (χ0) is 20.5. The molecule has 11 nitrogen and oxygen atoms in total. The van der Waals surface area contributed by atoms with Crippen LogP contribution in [0.5, 0.6) is 0 Å². The van der Waals surface area contributed by atoms with E-state index in [1.54, 1.807) is 0 Å². The Morgan fingerprint density at radius 3 is 1.89 bits per heavy atom. The molecule has 0 amide bonds. The lowest BCUT2D eigenvalue weighted by molar-refractivity contribution is -0.137. The van der Waals surface area contributed by atoms with Gasteiger partial charge in [0.25, 0.3) is 0 Å². The molecule has 0 aliphatic heterocycles. The number of aliphatic imine (C=N–C) groups is 1. The predicted molar refractivity (Wildman–Crippen MR) is 97.8 cm³/mol. The van der Waals surface area contributed by atoms with Gasteiger partial charge in [-0.1, -0.05) is 0 Å². The van der Waals surface area contributed by atoms with Crippen molar-refractivity contribution in [3.8, 4) is 0 Å². The molecule has 0 radical (unpaired) electrons. The summed E-state index contributed by atoms with van der Waals surface area (Å²) in [6, 6.07) is 0. The van der Waals surface area contributed by atoms with Gasteiger partial charge in [0, 0.05) is 25.1 Å². The first-order valence-electron chi connectivity index (χ1n) is 8.65. The summed E-state index contributed by atoms with van der Waals surface area (Å²) in [4.78, 5) is 14.7. The highest BCUT2D eigenvalue weighted by atomic mass is 16.5. The minimum absolute atomic E-state index is 0.00454. The Bertz CT molecular complexity index is 423. The zero-order valence-electron chi connectivity index (χ0n) is 15.3. The molecule has 0 aromatic heterocycles. The first-order chi connectivity index (χ1) is 13.0. The molecule has 0 heterocycles. The van der Waals surface area contributed by atoms with E-state index in [2.05, 4.69) is 10.1 Å². The van der Waals surface area contributed by atoms with Crippen LogP contribution >= 0.6 is 0 Å². The number of aliphatic hydroxyl groups is 4. The van der Waals surface area contributed by atoms with Crippen LogP contribution in [0.1, 0.15) is 19.3 Å². The van der Waals surface area contributed by atoms with Gasteiger partial charge in [-0.2, -0.15) is 5.10 Å². The second kappa shape index (κ2) is 16.5. The Morgan fingerprint density at radius 1 is 0.963 bits per heavy atom. The van der Waals surface area contributed by atoms with Gasteiger partial charge in [0.1, 0.15) is 12.2 Å². The molecule has 0 aliphatic carbocycles. The summed E-state index contributed by atoms with van der Waals surface area (Å²) >= 11 is 0. The van der Waals surface area contributed by atoms with Gasteiger partial charge in [0.2, 0.25) is 0 Å². The molecule has 27 heavy (non-hydrogen) atoms. The molecule has 0 saturated heterocycles. The maximum absolute atomic E-state index is 10.5. The number of ether oxygens (including phenoxy) is 2. The second-order valence-electron chi connectivity index (χ2n) is 5.87. The van der Waals surface area contributed by atoms with E-state index in [1.807, 2.05) is 0 Å². The van der Waals surface area contributed by atoms with Crippen LogP contribution in [0.3, 0.4) is 0 Å². The van der Waals surface area contributed by atoms with E-state index < -0.39 is 18.2 Å². The maximum Gasteiger partial charge on any atom is 0.303 e. The van der Waals surface area contributed by atoms with Gasteiger partial charge in [-0.15, -0.1) is 0 Å². The summed E-state index contributed by atoms with van der Waals surface area (Å²) in [7, 11) is 0. The maximum atomic E-state index is 10.5. The number of aliphatic hydroxyl groups excluding tert-OH is 4. The van der Waals surface area contributed by atoms with Gasteiger partial charge < -0.3 is 40.8 Å². The first-order valence-corrected chi connectivity index (χ1v) is 8.65. The summed E-state index contributed by atoms with van der Waals surface area (Å²) in [5.41, 5.74) is 0.448. The van der Waals surface area contributed by atoms with Gasteiger partial charge in [0.15, 0.2) is 0 Å². The Kier molecular flexibility index (Phi) is 15.5. The number of hydrogen-bond acceptors (Lipinski definition) is 10. The highest BCUT2D eigenvalue weighted by Crippen LogP contribution is 2.05. The van der Waals surface area contributed by atoms with Gasteiger partial charge in [0.05, 0.1) is 45.4 Å². The predicted octanol–water partition coefficient (Wildman–Crippen LogP) is -2.02. The lowest BCUT2D eigenvalue weighted by Crippen LogP contribution is -2.31. The van der Waals surface area contributed by atoms with Crippen molar-refractivity contribution < 1.29 is 39.8 Å². The third kappa shape index (κ3) is 13.2. The van der Waals surface area contributed by atoms with Gasteiger partial charge in [-0.3, -0.25) is 9.79 Å². The van der Waals surface area contributed by atoms with Crippen LogP contribution in [-0.4, -0.2) is 102 Å². The SMILES string of the molecule is N/N=C(\C=NCC(COC(CO)CO)COC(CO)CO)CCCC(=O)O. The molecule has 0 rings (SSSR count). The van der Waals surface area contributed by atoms with E-state index in [0.29, 0.717) is 18.6 Å². The number of carboxylic acids is 1. The monoisotopic (exact) mass is 393 g/mol. The van der Waals surface area contributed by atoms with Crippen molar-refractivity contribution in [1.82, 2.24) is 0 Å². The molecule has 0 atom stereocenters. The summed E-state index contributed by atoms with van der Waals surface area (Å²) in [5.74, 6) is 4.09. The summed E-state index contributed by atoms with van der Waals surface area (Å²) in [6.45, 7) is -0.853. The number of hydrazone groups is 1. The molecular weight excluding hydrogens is 362 g/mol. The quantitative estimate of drug-likeness (QED) is 0.0921. The largest absolute Gasteiger partial charge is 0.481 e. The second-order valence-corrected chi connectivity index (χ2v) is 5.87. The lowest BCUT2D eigenvalue weighted by atomic mass is 10.1. The molecule has 0 fully saturated rings. The lowest BCUT2D eigenvalue weighted by Gasteiger charge is -2.21. The van der Waals surface area contributed by atoms with Crippen LogP contribution in [-0.2, 0) is 14.3 Å². The number of carbonyl (C=O) groups is 1. The molecule has 0 aromatic rings. The van der Waals surface area contributed by atoms with Crippen LogP contribution in [0.15, 0.2) is 10.1 Å². The molecule has 0 saturated carbocycles. The van der Waals surface area contributed by atoms with E-state index in [1.165, 1.54) is 6.21 Å². The van der Waals surface area contributed by atoms with Crippen molar-refractivity contribution in [2.45, 2.75) is 31.5 Å². The highest BCUT2D eigenvalue weighted by molar-refractivity contribution is 6.30. The Morgan fingerprint density at radius 2 is 1.48 bits per heavy atom. The summed E-state index contributed by atoms with van der Waals surface area (Å²) in [6.07, 6.45) is 0.763. The zero-order valence-corrected chi connectivity index (χ0v) is 15.3. The normalized spacial score (nSPS) is 12.8. The fourth-order valence-corrected chi connectivity index (χ4v) is 1.91. The van der Waals surface area contributed by atoms with Crippen molar-refractivity contribution in [3.63, 3.8) is 0 Å². The Labute approximate surface area is 158 Å². The van der Waals surface area contributed by atoms with Crippen LogP contribution in [0.2, 0.25) is 0 Å². The highest BCUT2D eigenvalue weighted by Gasteiger charge is 2.16. The number of rotatable bonds is 17. The number of nitrogens with two attached hydrogens (primary N) is 1. The fraction of sp³-hybridized carbons (Fsp3) is 0.812. The topological polar surface area (TPSA) is 187 Å². The van der Waals surface area contributed by atoms with E-state index in [4.69, 9.17) is 40.8 Å². The van der Waals surface area contributed by atoms with Gasteiger partial charge >= 0.3 is 5.97 Å². The van der Waals surface area contributed by atoms with Crippen molar-refractivity contribution in [1.29, 1.82) is 0 Å². The van der Waals surface area contributed by atoms with Crippen LogP contribution < -0.4 is 5.84 Å². The third-order valence-corrected chi connectivity index (χ3v) is 3.54. The molecule has 158 valence electrons. The molecule has 0 aromatic carbocycles. The third-order valence-electron chi connectivity index (χ3n) is 3.54. The molecule has 0 aliphatic rings. The van der Waals surface area contributed by atoms with Crippen LogP contribution in [0, 0.1) is 5.92 Å². The van der Waals surface area contributed by atoms with Gasteiger partial charge in [-0.25, -0.2) is 0 Å². The van der Waals surface area contributed by atoms with Crippen LogP contribution in [0.4, 0.5) is 0 Å². The number of aliphatic carboxylic acids is 1. The molecular formula is C16H31N3O8. The van der Waals surface area contributed by atoms with Crippen molar-refractivity contribution in [2.75, 3.05) is 46.2 Å². The van der Waals surface area contributed by atoms with Gasteiger partial charge in [-0.05, 0) is 12.8 Å². The smallest absolute Gasteiger partial charge is 0.303 e. The molecule has 11 heteroatoms. The van der Waals surface area contributed by atoms with Crippen molar-refractivity contribution in [3.05, 3.63) is 0 Å². The van der Waals surface area contributed by atoms with E-state index in [0.717, 1.165) is 0 Å². The molecule has 0 bridgehead atoms. The fourth-order valence-electron chi connectivity index (χ4n) is 1.91. The van der Waals surface area contributed by atoms with E-state index in [-0.39, 0.29) is 58.5 Å². The average Bonchev–Trinajstić information content (AvgIpc) is 2.67. The molecule has 0 spiro atoms. The summed E-state index contributed by atoms with van der Waals surface area (Å²) < 4.78 is 10.8. The molecule has 7 N–H and O–H groups in total. The summed E-state index contributed by atoms with van der Waals surface area (Å²) in [5, 5.41) is 48.4. The van der Waals surface area contributed by atoms with Crippen molar-refractivity contribution in [2.24, 2.45) is 21.9 Å². The Balaban J connectivity index is 4.62. The average molecular weight is 393 g/mol. The number of nitrogens with zero attached hydrogens (tertiary/aromatic N) is 2. The van der Waals surface area contributed by atoms with E-state index >= 15 is 0 Å².